The van der Waals surface area contributed by atoms with Crippen molar-refractivity contribution in [3.05, 3.63) is 35.9 Å². The van der Waals surface area contributed by atoms with Crippen LogP contribution in [0, 0.1) is 5.92 Å². The average molecular weight is 301 g/mol. The Bertz CT molecular complexity index is 724. The minimum absolute atomic E-state index is 0.000385. The number of esters is 1. The van der Waals surface area contributed by atoms with Crippen LogP contribution >= 0.6 is 0 Å². The first-order valence-corrected chi connectivity index (χ1v) is 6.92. The molecule has 0 saturated carbocycles. The lowest BCUT2D eigenvalue weighted by Crippen LogP contribution is -2.27. The van der Waals surface area contributed by atoms with Gasteiger partial charge >= 0.3 is 11.9 Å². The molecule has 22 heavy (non-hydrogen) atoms. The Morgan fingerprint density at radius 3 is 2.73 bits per heavy atom. The van der Waals surface area contributed by atoms with Gasteiger partial charge in [-0.3, -0.25) is 9.78 Å². The van der Waals surface area contributed by atoms with Gasteiger partial charge in [-0.15, -0.1) is 0 Å². The van der Waals surface area contributed by atoms with Crippen LogP contribution in [0.5, 0.6) is 0 Å². The molecule has 0 radical (unpaired) electrons. The van der Waals surface area contributed by atoms with Crippen LogP contribution in [0.2, 0.25) is 0 Å². The molecule has 0 spiro atoms. The molecular weight excluding hydrogens is 286 g/mol. The number of aromatic nitrogens is 3. The van der Waals surface area contributed by atoms with E-state index in [-0.39, 0.29) is 17.6 Å². The van der Waals surface area contributed by atoms with Crippen molar-refractivity contribution in [1.82, 2.24) is 14.5 Å². The van der Waals surface area contributed by atoms with Crippen LogP contribution < -0.4 is 0 Å². The lowest BCUT2D eigenvalue weighted by molar-refractivity contribution is -0.146. The van der Waals surface area contributed by atoms with Gasteiger partial charge in [0.2, 0.25) is 0 Å². The van der Waals surface area contributed by atoms with Crippen LogP contribution in [0.4, 0.5) is 0 Å². The summed E-state index contributed by atoms with van der Waals surface area (Å²) in [6, 6.07) is 3.57. The first-order valence-electron chi connectivity index (χ1n) is 6.92. The number of carbonyl (C=O) groups is 2. The van der Waals surface area contributed by atoms with Crippen molar-refractivity contribution in [1.29, 1.82) is 0 Å². The van der Waals surface area contributed by atoms with Gasteiger partial charge in [-0.25, -0.2) is 9.78 Å². The van der Waals surface area contributed by atoms with E-state index in [4.69, 9.17) is 4.74 Å². The van der Waals surface area contributed by atoms with Crippen molar-refractivity contribution in [2.24, 2.45) is 5.92 Å². The number of rotatable bonds is 3. The summed E-state index contributed by atoms with van der Waals surface area (Å²) in [7, 11) is 1.34. The van der Waals surface area contributed by atoms with Crippen LogP contribution in [-0.2, 0) is 22.5 Å². The largest absolute Gasteiger partial charge is 0.476 e. The highest BCUT2D eigenvalue weighted by Gasteiger charge is 2.32. The predicted octanol–water partition coefficient (Wildman–Crippen LogP) is 1.38. The van der Waals surface area contributed by atoms with Gasteiger partial charge in [-0.2, -0.15) is 0 Å². The highest BCUT2D eigenvalue weighted by molar-refractivity contribution is 5.88. The summed E-state index contributed by atoms with van der Waals surface area (Å²) in [5, 5.41) is 9.38. The smallest absolute Gasteiger partial charge is 0.356 e. The number of carboxylic acid groups (broad SMARTS) is 1. The van der Waals surface area contributed by atoms with Gasteiger partial charge in [0.05, 0.1) is 18.7 Å². The number of carboxylic acids is 1. The molecule has 0 amide bonds. The molecule has 2 aromatic heterocycles. The Balaban J connectivity index is 2.07. The van der Waals surface area contributed by atoms with E-state index >= 15 is 0 Å². The van der Waals surface area contributed by atoms with Crippen molar-refractivity contribution in [3.63, 3.8) is 0 Å². The number of pyridine rings is 1. The van der Waals surface area contributed by atoms with Crippen LogP contribution in [0.1, 0.15) is 22.6 Å². The first-order chi connectivity index (χ1) is 10.6. The maximum atomic E-state index is 11.7. The molecule has 3 rings (SSSR count). The van der Waals surface area contributed by atoms with Gasteiger partial charge in [0.15, 0.2) is 5.69 Å². The number of hydrogen-bond donors (Lipinski definition) is 1. The van der Waals surface area contributed by atoms with E-state index in [1.165, 1.54) is 7.11 Å². The lowest BCUT2D eigenvalue weighted by atomic mass is 9.95. The van der Waals surface area contributed by atoms with Gasteiger partial charge in [-0.1, -0.05) is 0 Å². The third kappa shape index (κ3) is 2.34. The zero-order valence-corrected chi connectivity index (χ0v) is 12.0. The van der Waals surface area contributed by atoms with Gasteiger partial charge in [-0.05, 0) is 18.6 Å². The second-order valence-electron chi connectivity index (χ2n) is 5.14. The van der Waals surface area contributed by atoms with Crippen LogP contribution in [0.25, 0.3) is 11.4 Å². The molecule has 114 valence electrons. The SMILES string of the molecule is COC(=O)C1CCn2c(-c3ccncc3)nc(C(=O)O)c2C1. The number of aromatic carboxylic acids is 1. The van der Waals surface area contributed by atoms with Gasteiger partial charge in [0.25, 0.3) is 0 Å². The van der Waals surface area contributed by atoms with Crippen LogP contribution in [-0.4, -0.2) is 38.7 Å². The van der Waals surface area contributed by atoms with E-state index in [9.17, 15) is 14.7 Å². The molecule has 0 aliphatic carbocycles. The van der Waals surface area contributed by atoms with E-state index in [1.54, 1.807) is 24.5 Å². The van der Waals surface area contributed by atoms with E-state index in [2.05, 4.69) is 9.97 Å². The normalized spacial score (nSPS) is 16.9. The standard InChI is InChI=1S/C15H15N3O4/c1-22-15(21)10-4-7-18-11(8-10)12(14(19)20)17-13(18)9-2-5-16-6-3-9/h2-3,5-6,10H,4,7-8H2,1H3,(H,19,20). The maximum absolute atomic E-state index is 11.7. The summed E-state index contributed by atoms with van der Waals surface area (Å²) in [6.07, 6.45) is 4.20. The monoisotopic (exact) mass is 301 g/mol. The molecule has 7 heteroatoms. The van der Waals surface area contributed by atoms with Crippen molar-refractivity contribution < 1.29 is 19.4 Å². The third-order valence-corrected chi connectivity index (χ3v) is 3.89. The quantitative estimate of drug-likeness (QED) is 0.861. The molecule has 1 N–H and O–H groups in total. The molecule has 1 aliphatic rings. The van der Waals surface area contributed by atoms with E-state index in [1.807, 2.05) is 4.57 Å². The second kappa shape index (κ2) is 5.59. The molecule has 0 fully saturated rings. The molecule has 2 aromatic rings. The Kier molecular flexibility index (Phi) is 3.62. The number of methoxy groups -OCH3 is 1. The lowest BCUT2D eigenvalue weighted by Gasteiger charge is -2.23. The number of hydrogen-bond acceptors (Lipinski definition) is 5. The minimum atomic E-state index is -1.09. The summed E-state index contributed by atoms with van der Waals surface area (Å²) < 4.78 is 6.65. The van der Waals surface area contributed by atoms with Crippen LogP contribution in [0.3, 0.4) is 0 Å². The zero-order chi connectivity index (χ0) is 15.7. The van der Waals surface area contributed by atoms with E-state index < -0.39 is 5.97 Å². The van der Waals surface area contributed by atoms with Gasteiger partial charge < -0.3 is 14.4 Å². The molecule has 0 aromatic carbocycles. The van der Waals surface area contributed by atoms with E-state index in [0.717, 1.165) is 5.56 Å². The summed E-state index contributed by atoms with van der Waals surface area (Å²) in [6.45, 7) is 0.535. The van der Waals surface area contributed by atoms with Crippen molar-refractivity contribution in [2.75, 3.05) is 7.11 Å². The first kappa shape index (κ1) is 14.2. The van der Waals surface area contributed by atoms with E-state index in [0.29, 0.717) is 30.9 Å². The minimum Gasteiger partial charge on any atom is -0.476 e. The van der Waals surface area contributed by atoms with Crippen molar-refractivity contribution in [3.8, 4) is 11.4 Å². The molecular formula is C15H15N3O4. The molecule has 7 nitrogen and oxygen atoms in total. The summed E-state index contributed by atoms with van der Waals surface area (Å²) >= 11 is 0. The number of carbonyl (C=O) groups excluding carboxylic acids is 1. The molecule has 3 heterocycles. The fourth-order valence-electron chi connectivity index (χ4n) is 2.82. The molecule has 1 atom stereocenters. The zero-order valence-electron chi connectivity index (χ0n) is 12.0. The number of fused-ring (bicyclic) bond motifs is 1. The molecule has 1 unspecified atom stereocenters. The Morgan fingerprint density at radius 1 is 1.36 bits per heavy atom. The maximum Gasteiger partial charge on any atom is 0.356 e. The van der Waals surface area contributed by atoms with Crippen molar-refractivity contribution >= 4 is 11.9 Å². The van der Waals surface area contributed by atoms with Gasteiger partial charge in [0, 0.05) is 30.9 Å². The highest BCUT2D eigenvalue weighted by atomic mass is 16.5. The molecule has 0 saturated heterocycles. The van der Waals surface area contributed by atoms with Crippen LogP contribution in [0.15, 0.2) is 24.5 Å². The fraction of sp³-hybridized carbons (Fsp3) is 0.333. The molecule has 0 bridgehead atoms. The molecule has 1 aliphatic heterocycles. The van der Waals surface area contributed by atoms with Crippen molar-refractivity contribution in [2.45, 2.75) is 19.4 Å². The summed E-state index contributed by atoms with van der Waals surface area (Å²) in [5.74, 6) is -1.13. The topological polar surface area (TPSA) is 94.3 Å². The number of nitrogens with zero attached hydrogens (tertiary/aromatic N) is 3. The predicted molar refractivity (Wildman–Crippen MR) is 76.2 cm³/mol. The third-order valence-electron chi connectivity index (χ3n) is 3.89. The Labute approximate surface area is 126 Å². The number of ether oxygens (including phenoxy) is 1. The van der Waals surface area contributed by atoms with Gasteiger partial charge in [0.1, 0.15) is 5.82 Å². The summed E-state index contributed by atoms with van der Waals surface area (Å²) in [4.78, 5) is 31.4. The highest BCUT2D eigenvalue weighted by Crippen LogP contribution is 2.30. The Hall–Kier alpha value is -2.70. The number of imidazole rings is 1. The second-order valence-corrected chi connectivity index (χ2v) is 5.14. The summed E-state index contributed by atoms with van der Waals surface area (Å²) in [5.41, 5.74) is 1.38. The average Bonchev–Trinajstić information content (AvgIpc) is 2.94. The fourth-order valence-corrected chi connectivity index (χ4v) is 2.82. The Morgan fingerprint density at radius 2 is 2.09 bits per heavy atom.